The van der Waals surface area contributed by atoms with Gasteiger partial charge in [-0.25, -0.2) is 4.98 Å². The highest BCUT2D eigenvalue weighted by molar-refractivity contribution is 5.70. The average molecular weight is 324 g/mol. The van der Waals surface area contributed by atoms with Crippen molar-refractivity contribution in [3.05, 3.63) is 40.9 Å². The molecule has 102 valence electrons. The summed E-state index contributed by atoms with van der Waals surface area (Å²) in [6.45, 7) is 8.15. The fourth-order valence-corrected chi connectivity index (χ4v) is 2.85. The van der Waals surface area contributed by atoms with Gasteiger partial charge in [0.15, 0.2) is 12.2 Å². The fraction of sp³-hybridized carbons (Fsp3) is 0.429. The van der Waals surface area contributed by atoms with Crippen LogP contribution in [0.5, 0.6) is 0 Å². The van der Waals surface area contributed by atoms with Crippen molar-refractivity contribution in [3.63, 3.8) is 0 Å². The van der Waals surface area contributed by atoms with Crippen LogP contribution in [0.1, 0.15) is 25.2 Å². The summed E-state index contributed by atoms with van der Waals surface area (Å²) >= 11 is 0. The van der Waals surface area contributed by atoms with Crippen LogP contribution in [0.3, 0.4) is 0 Å². The van der Waals surface area contributed by atoms with E-state index in [0.717, 1.165) is 52.3 Å². The van der Waals surface area contributed by atoms with Crippen molar-refractivity contribution in [2.75, 3.05) is 13.1 Å². The van der Waals surface area contributed by atoms with Crippen LogP contribution in [-0.2, 0) is 13.1 Å². The molecule has 0 bridgehead atoms. The van der Waals surface area contributed by atoms with Gasteiger partial charge in [0.05, 0.1) is 13.1 Å². The van der Waals surface area contributed by atoms with Gasteiger partial charge in [0, 0.05) is 6.07 Å². The molecule has 0 unspecified atom stereocenters. The Kier molecular flexibility index (Phi) is 3.78. The van der Waals surface area contributed by atoms with Gasteiger partial charge < -0.3 is 26.7 Å². The predicted octanol–water partition coefficient (Wildman–Crippen LogP) is -1.26. The number of rotatable bonds is 2. The number of benzene rings is 1. The van der Waals surface area contributed by atoms with Gasteiger partial charge in [-0.05, 0) is 19.9 Å². The molecule has 0 fully saturated rings. The van der Waals surface area contributed by atoms with Gasteiger partial charge in [0.2, 0.25) is 5.52 Å². The zero-order valence-electron chi connectivity index (χ0n) is 11.3. The summed E-state index contributed by atoms with van der Waals surface area (Å²) in [6, 6.07) is 7.58. The quantitative estimate of drug-likeness (QED) is 0.393. The highest BCUT2D eigenvalue weighted by Gasteiger charge is 2.40. The van der Waals surface area contributed by atoms with Crippen molar-refractivity contribution in [2.24, 2.45) is 0 Å². The first-order valence-corrected chi connectivity index (χ1v) is 6.54. The van der Waals surface area contributed by atoms with Crippen LogP contribution in [0, 0.1) is 5.21 Å². The van der Waals surface area contributed by atoms with E-state index in [1.807, 2.05) is 24.3 Å². The van der Waals surface area contributed by atoms with Gasteiger partial charge in [0.1, 0.15) is 12.1 Å². The van der Waals surface area contributed by atoms with Crippen molar-refractivity contribution in [2.45, 2.75) is 26.9 Å². The second-order valence-electron chi connectivity index (χ2n) is 5.08. The number of quaternary nitrogens is 1. The van der Waals surface area contributed by atoms with E-state index in [1.165, 1.54) is 0 Å². The second-order valence-corrected chi connectivity index (χ2v) is 5.08. The van der Waals surface area contributed by atoms with Crippen LogP contribution in [-0.4, -0.2) is 22.6 Å². The summed E-state index contributed by atoms with van der Waals surface area (Å²) < 4.78 is 2.03. The highest BCUT2D eigenvalue weighted by atomic mass is 79.9. The Morgan fingerprint density at radius 2 is 1.89 bits per heavy atom. The monoisotopic (exact) mass is 323 g/mol. The van der Waals surface area contributed by atoms with Gasteiger partial charge in [-0.1, -0.05) is 12.1 Å². The fourth-order valence-electron chi connectivity index (χ4n) is 2.85. The molecule has 1 aromatic carbocycles. The SMILES string of the molecule is CC[N+]1(CC)Cc2nc3ccccc3[n+]([O-])c2C1.[Br-]. The van der Waals surface area contributed by atoms with Gasteiger partial charge in [-0.3, -0.25) is 0 Å². The van der Waals surface area contributed by atoms with E-state index >= 15 is 0 Å². The molecule has 5 heteroatoms. The van der Waals surface area contributed by atoms with Crippen LogP contribution in [0.15, 0.2) is 24.3 Å². The number of para-hydroxylation sites is 2. The van der Waals surface area contributed by atoms with E-state index in [2.05, 4.69) is 18.8 Å². The Morgan fingerprint density at radius 1 is 1.21 bits per heavy atom. The lowest BCUT2D eigenvalue weighted by Gasteiger charge is -2.30. The van der Waals surface area contributed by atoms with Gasteiger partial charge in [-0.15, -0.1) is 0 Å². The van der Waals surface area contributed by atoms with E-state index < -0.39 is 0 Å². The molecule has 0 saturated heterocycles. The lowest BCUT2D eigenvalue weighted by Crippen LogP contribution is -3.00. The van der Waals surface area contributed by atoms with E-state index in [9.17, 15) is 5.21 Å². The first-order chi connectivity index (χ1) is 8.69. The van der Waals surface area contributed by atoms with Crippen LogP contribution in [0.25, 0.3) is 11.0 Å². The topological polar surface area (TPSA) is 39.8 Å². The van der Waals surface area contributed by atoms with E-state index in [4.69, 9.17) is 0 Å². The van der Waals surface area contributed by atoms with Crippen LogP contribution in [0.2, 0.25) is 0 Å². The molecule has 3 rings (SSSR count). The number of nitrogens with zero attached hydrogens (tertiary/aromatic N) is 3. The van der Waals surface area contributed by atoms with Crippen molar-refractivity contribution in [1.82, 2.24) is 4.98 Å². The summed E-state index contributed by atoms with van der Waals surface area (Å²) in [6.07, 6.45) is 0. The molecule has 0 spiro atoms. The number of fused-ring (bicyclic) bond motifs is 2. The Morgan fingerprint density at radius 3 is 2.58 bits per heavy atom. The zero-order valence-corrected chi connectivity index (χ0v) is 12.9. The van der Waals surface area contributed by atoms with Crippen molar-refractivity contribution < 1.29 is 26.2 Å². The van der Waals surface area contributed by atoms with Crippen LogP contribution < -0.4 is 21.7 Å². The molecular weight excluding hydrogens is 306 g/mol. The number of aromatic nitrogens is 2. The molecule has 2 heterocycles. The van der Waals surface area contributed by atoms with E-state index in [1.54, 1.807) is 0 Å². The summed E-state index contributed by atoms with van der Waals surface area (Å²) in [5.41, 5.74) is 3.33. The molecule has 0 atom stereocenters. The van der Waals surface area contributed by atoms with Gasteiger partial charge in [0.25, 0.3) is 5.69 Å². The van der Waals surface area contributed by atoms with Gasteiger partial charge >= 0.3 is 0 Å². The van der Waals surface area contributed by atoms with Crippen molar-refractivity contribution in [3.8, 4) is 0 Å². The minimum Gasteiger partial charge on any atom is -1.00 e. The third-order valence-electron chi connectivity index (χ3n) is 4.25. The minimum absolute atomic E-state index is 0. The van der Waals surface area contributed by atoms with Crippen LogP contribution in [0.4, 0.5) is 0 Å². The van der Waals surface area contributed by atoms with E-state index in [0.29, 0.717) is 5.52 Å². The lowest BCUT2D eigenvalue weighted by molar-refractivity contribution is -0.947. The largest absolute Gasteiger partial charge is 1.00 e. The Hall–Kier alpha value is -1.20. The molecule has 0 saturated carbocycles. The summed E-state index contributed by atoms with van der Waals surface area (Å²) in [4.78, 5) is 4.67. The molecule has 1 aromatic heterocycles. The Labute approximate surface area is 123 Å². The first-order valence-electron chi connectivity index (χ1n) is 6.54. The number of hydrogen-bond donors (Lipinski definition) is 0. The van der Waals surface area contributed by atoms with Crippen LogP contribution >= 0.6 is 0 Å². The molecule has 0 radical (unpaired) electrons. The molecule has 4 nitrogen and oxygen atoms in total. The van der Waals surface area contributed by atoms with Crippen molar-refractivity contribution in [1.29, 1.82) is 0 Å². The molecule has 2 aromatic rings. The Bertz CT molecular complexity index is 611. The molecule has 0 aliphatic carbocycles. The maximum absolute atomic E-state index is 12.4. The maximum Gasteiger partial charge on any atom is 0.275 e. The highest BCUT2D eigenvalue weighted by Crippen LogP contribution is 2.27. The Balaban J connectivity index is 0.00000133. The van der Waals surface area contributed by atoms with Gasteiger partial charge in [-0.2, -0.15) is 4.73 Å². The molecule has 0 amide bonds. The third kappa shape index (κ3) is 2.11. The summed E-state index contributed by atoms with van der Waals surface area (Å²) in [5, 5.41) is 12.4. The average Bonchev–Trinajstić information content (AvgIpc) is 2.79. The number of halogens is 1. The second kappa shape index (κ2) is 5.06. The molecule has 0 N–H and O–H groups in total. The number of hydrogen-bond acceptors (Lipinski definition) is 2. The third-order valence-corrected chi connectivity index (χ3v) is 4.25. The van der Waals surface area contributed by atoms with E-state index in [-0.39, 0.29) is 17.0 Å². The predicted molar refractivity (Wildman–Crippen MR) is 69.5 cm³/mol. The standard InChI is InChI=1S/C14H18N3O.BrH/c1-3-17(4-2)9-12-14(10-17)16(18)13-8-6-5-7-11(13)15-12;/h5-8H,3-4,9-10H2,1-2H3;1H/q+1;/p-1. The molecule has 1 aliphatic rings. The lowest BCUT2D eigenvalue weighted by atomic mass is 10.2. The first kappa shape index (κ1) is 14.2. The molecular formula is C14H18BrN3O. The molecule has 19 heavy (non-hydrogen) atoms. The normalized spacial score (nSPS) is 16.1. The molecule has 1 aliphatic heterocycles. The maximum atomic E-state index is 12.4. The van der Waals surface area contributed by atoms with Crippen molar-refractivity contribution >= 4 is 11.0 Å². The minimum atomic E-state index is 0. The summed E-state index contributed by atoms with van der Waals surface area (Å²) in [7, 11) is 0. The summed E-state index contributed by atoms with van der Waals surface area (Å²) in [5.74, 6) is 0. The smallest absolute Gasteiger partial charge is 0.275 e. The zero-order chi connectivity index (χ0) is 12.8.